The van der Waals surface area contributed by atoms with E-state index in [-0.39, 0.29) is 36.9 Å². The van der Waals surface area contributed by atoms with Gasteiger partial charge in [-0.3, -0.25) is 9.59 Å². The second kappa shape index (κ2) is 12.3. The number of unbranched alkanes of at least 4 members (excludes halogenated alkanes) is 7. The summed E-state index contributed by atoms with van der Waals surface area (Å²) < 4.78 is 5.34. The van der Waals surface area contributed by atoms with Gasteiger partial charge in [-0.15, -0.1) is 0 Å². The summed E-state index contributed by atoms with van der Waals surface area (Å²) >= 11 is 24.4. The Labute approximate surface area is 219 Å². The Bertz CT molecular complexity index is 1040. The number of amides is 2. The predicted molar refractivity (Wildman–Crippen MR) is 137 cm³/mol. The maximum Gasteiger partial charge on any atom is 0.338 e. The van der Waals surface area contributed by atoms with E-state index in [0.29, 0.717) is 12.2 Å². The minimum atomic E-state index is -0.671. The number of hydrogen-bond acceptors (Lipinski definition) is 4. The van der Waals surface area contributed by atoms with E-state index in [1.807, 2.05) is 0 Å². The van der Waals surface area contributed by atoms with E-state index in [0.717, 1.165) is 24.2 Å². The Morgan fingerprint density at radius 2 is 1.21 bits per heavy atom. The molecule has 0 unspecified atom stereocenters. The van der Waals surface area contributed by atoms with Gasteiger partial charge in [0.05, 0.1) is 49.1 Å². The highest BCUT2D eigenvalue weighted by molar-refractivity contribution is 6.56. The number of benzene rings is 2. The van der Waals surface area contributed by atoms with Crippen LogP contribution in [0.1, 0.15) is 89.4 Å². The normalized spacial score (nSPS) is 12.9. The molecular formula is C25H25Cl4NO4. The lowest BCUT2D eigenvalue weighted by Gasteiger charge is -2.14. The number of fused-ring (bicyclic) bond motifs is 1. The zero-order valence-corrected chi connectivity index (χ0v) is 21.8. The summed E-state index contributed by atoms with van der Waals surface area (Å²) in [4.78, 5) is 39.1. The number of rotatable bonds is 11. The number of imide groups is 1. The van der Waals surface area contributed by atoms with Gasteiger partial charge in [0.15, 0.2) is 0 Å². The topological polar surface area (TPSA) is 63.7 Å². The molecule has 9 heteroatoms. The van der Waals surface area contributed by atoms with Crippen LogP contribution in [0, 0.1) is 0 Å². The first-order valence-corrected chi connectivity index (χ1v) is 12.8. The van der Waals surface area contributed by atoms with Gasteiger partial charge in [0.25, 0.3) is 11.8 Å². The zero-order valence-electron chi connectivity index (χ0n) is 18.8. The fourth-order valence-corrected chi connectivity index (χ4v) is 4.83. The number of hydrogen-bond donors (Lipinski definition) is 0. The lowest BCUT2D eigenvalue weighted by Crippen LogP contribution is -2.29. The zero-order chi connectivity index (χ0) is 24.8. The largest absolute Gasteiger partial charge is 0.462 e. The molecule has 2 aromatic carbocycles. The number of ether oxygens (including phenoxy) is 1. The summed E-state index contributed by atoms with van der Waals surface area (Å²) in [6.07, 6.45) is 9.25. The van der Waals surface area contributed by atoms with Crippen molar-refractivity contribution < 1.29 is 19.1 Å². The molecule has 0 aromatic heterocycles. The van der Waals surface area contributed by atoms with Crippen molar-refractivity contribution in [3.8, 4) is 0 Å². The molecule has 0 spiro atoms. The SMILES string of the molecule is CCCCCCCCCCOC(=O)c1ccc(N2C(=O)c3c(Cl)c(Cl)c(Cl)c(Cl)c3C2=O)cc1. The van der Waals surface area contributed by atoms with Crippen LogP contribution in [0.15, 0.2) is 24.3 Å². The highest BCUT2D eigenvalue weighted by Gasteiger charge is 2.42. The molecule has 0 radical (unpaired) electrons. The standard InChI is InChI=1S/C25H25Cl4NO4/c1-2-3-4-5-6-7-8-9-14-34-25(33)15-10-12-16(13-11-15)30-23(31)17-18(24(30)32)20(27)22(29)21(28)19(17)26/h10-13H,2-9,14H2,1H3. The highest BCUT2D eigenvalue weighted by atomic mass is 35.5. The Balaban J connectivity index is 1.58. The van der Waals surface area contributed by atoms with Crippen LogP contribution in [-0.4, -0.2) is 24.4 Å². The molecule has 0 N–H and O–H groups in total. The summed E-state index contributed by atoms with van der Waals surface area (Å²) in [5.41, 5.74) is 0.382. The molecule has 0 aliphatic carbocycles. The van der Waals surface area contributed by atoms with Crippen LogP contribution in [-0.2, 0) is 4.74 Å². The maximum absolute atomic E-state index is 12.9. The lowest BCUT2D eigenvalue weighted by molar-refractivity contribution is 0.0497. The molecule has 0 bridgehead atoms. The van der Waals surface area contributed by atoms with Gasteiger partial charge in [-0.05, 0) is 30.7 Å². The lowest BCUT2D eigenvalue weighted by atomic mass is 10.1. The van der Waals surface area contributed by atoms with Gasteiger partial charge in [-0.2, -0.15) is 0 Å². The van der Waals surface area contributed by atoms with Crippen molar-refractivity contribution in [2.24, 2.45) is 0 Å². The Hall–Kier alpha value is -1.79. The summed E-state index contributed by atoms with van der Waals surface area (Å²) in [6, 6.07) is 5.97. The fourth-order valence-electron chi connectivity index (χ4n) is 3.81. The number of halogens is 4. The van der Waals surface area contributed by atoms with Crippen molar-refractivity contribution in [1.29, 1.82) is 0 Å². The van der Waals surface area contributed by atoms with Crippen LogP contribution < -0.4 is 4.90 Å². The van der Waals surface area contributed by atoms with Gasteiger partial charge in [0.2, 0.25) is 0 Å². The third kappa shape index (κ3) is 5.71. The van der Waals surface area contributed by atoms with E-state index in [1.165, 1.54) is 56.4 Å². The van der Waals surface area contributed by atoms with Gasteiger partial charge in [-0.25, -0.2) is 9.69 Å². The molecule has 1 heterocycles. The third-order valence-electron chi connectivity index (χ3n) is 5.69. The van der Waals surface area contributed by atoms with E-state index in [1.54, 1.807) is 0 Å². The monoisotopic (exact) mass is 543 g/mol. The van der Waals surface area contributed by atoms with Gasteiger partial charge in [0.1, 0.15) is 0 Å². The average molecular weight is 545 g/mol. The van der Waals surface area contributed by atoms with Crippen LogP contribution in [0.5, 0.6) is 0 Å². The third-order valence-corrected chi connectivity index (χ3v) is 7.50. The Morgan fingerprint density at radius 1 is 0.735 bits per heavy atom. The van der Waals surface area contributed by atoms with Crippen molar-refractivity contribution in [2.75, 3.05) is 11.5 Å². The molecule has 0 fully saturated rings. The van der Waals surface area contributed by atoms with Crippen molar-refractivity contribution in [1.82, 2.24) is 0 Å². The number of anilines is 1. The van der Waals surface area contributed by atoms with E-state index < -0.39 is 17.8 Å². The first kappa shape index (κ1) is 26.8. The minimum absolute atomic E-state index is 0.0929. The molecule has 182 valence electrons. The molecule has 5 nitrogen and oxygen atoms in total. The highest BCUT2D eigenvalue weighted by Crippen LogP contribution is 2.45. The van der Waals surface area contributed by atoms with Gasteiger partial charge in [-0.1, -0.05) is 98.3 Å². The van der Waals surface area contributed by atoms with Crippen LogP contribution in [0.4, 0.5) is 5.69 Å². The molecule has 0 saturated heterocycles. The van der Waals surface area contributed by atoms with Crippen LogP contribution in [0.3, 0.4) is 0 Å². The first-order valence-electron chi connectivity index (χ1n) is 11.3. The van der Waals surface area contributed by atoms with Crippen LogP contribution in [0.2, 0.25) is 20.1 Å². The van der Waals surface area contributed by atoms with Crippen molar-refractivity contribution >= 4 is 69.9 Å². The molecule has 2 amide bonds. The van der Waals surface area contributed by atoms with Crippen molar-refractivity contribution in [2.45, 2.75) is 58.3 Å². The summed E-state index contributed by atoms with van der Waals surface area (Å²) in [6.45, 7) is 2.55. The molecule has 3 rings (SSSR count). The van der Waals surface area contributed by atoms with E-state index in [4.69, 9.17) is 51.1 Å². The number of nitrogens with zero attached hydrogens (tertiary/aromatic N) is 1. The molecule has 1 aliphatic heterocycles. The first-order chi connectivity index (χ1) is 16.3. The quantitative estimate of drug-likeness (QED) is 0.0936. The number of carbonyl (C=O) groups is 3. The van der Waals surface area contributed by atoms with E-state index in [9.17, 15) is 14.4 Å². The van der Waals surface area contributed by atoms with Crippen molar-refractivity contribution in [3.63, 3.8) is 0 Å². The van der Waals surface area contributed by atoms with Crippen molar-refractivity contribution in [3.05, 3.63) is 61.0 Å². The summed E-state index contributed by atoms with van der Waals surface area (Å²) in [5.74, 6) is -1.80. The van der Waals surface area contributed by atoms with E-state index in [2.05, 4.69) is 6.92 Å². The van der Waals surface area contributed by atoms with E-state index >= 15 is 0 Å². The fraction of sp³-hybridized carbons (Fsp3) is 0.400. The van der Waals surface area contributed by atoms with Crippen LogP contribution >= 0.6 is 46.4 Å². The van der Waals surface area contributed by atoms with Crippen LogP contribution in [0.25, 0.3) is 0 Å². The average Bonchev–Trinajstić information content (AvgIpc) is 3.10. The summed E-state index contributed by atoms with van der Waals surface area (Å²) in [7, 11) is 0. The molecule has 34 heavy (non-hydrogen) atoms. The molecular weight excluding hydrogens is 520 g/mol. The second-order valence-corrected chi connectivity index (χ2v) is 9.62. The molecule has 0 saturated carbocycles. The van der Waals surface area contributed by atoms with Gasteiger partial charge >= 0.3 is 5.97 Å². The molecule has 0 atom stereocenters. The summed E-state index contributed by atoms with van der Waals surface area (Å²) in [5, 5.41) is -0.449. The maximum atomic E-state index is 12.9. The number of carbonyl (C=O) groups excluding carboxylic acids is 3. The predicted octanol–water partition coefficient (Wildman–Crippen LogP) is 8.40. The Kier molecular flexibility index (Phi) is 9.66. The minimum Gasteiger partial charge on any atom is -0.462 e. The Morgan fingerprint density at radius 3 is 1.71 bits per heavy atom. The van der Waals surface area contributed by atoms with Gasteiger partial charge < -0.3 is 4.74 Å². The van der Waals surface area contributed by atoms with Gasteiger partial charge in [0, 0.05) is 0 Å². The smallest absolute Gasteiger partial charge is 0.338 e. The molecule has 1 aliphatic rings. The second-order valence-electron chi connectivity index (χ2n) is 8.11. The number of esters is 1. The molecule has 2 aromatic rings.